The number of amides is 1. The number of aromatic nitrogens is 1. The molecule has 2 aromatic rings. The van der Waals surface area contributed by atoms with E-state index in [1.54, 1.807) is 18.3 Å². The number of carbonyl (C=O) groups excluding carboxylic acids is 1. The lowest BCUT2D eigenvalue weighted by Crippen LogP contribution is -2.42. The number of pyridine rings is 1. The molecule has 26 heavy (non-hydrogen) atoms. The molecule has 0 saturated heterocycles. The molecule has 0 aliphatic heterocycles. The number of nitrogens with one attached hydrogen (secondary N) is 1. The molecule has 1 aliphatic carbocycles. The Morgan fingerprint density at radius 2 is 2.12 bits per heavy atom. The largest absolute Gasteiger partial charge is 0.481 e. The number of rotatable bonds is 6. The molecule has 138 valence electrons. The molecule has 3 rings (SSSR count). The second kappa shape index (κ2) is 7.78. The Hall–Kier alpha value is -2.54. The maximum absolute atomic E-state index is 13.8. The number of hydrogen-bond donors (Lipinski definition) is 2. The minimum absolute atomic E-state index is 0.00255. The molecule has 0 bridgehead atoms. The van der Waals surface area contributed by atoms with Crippen molar-refractivity contribution in [2.75, 3.05) is 7.11 Å². The summed E-state index contributed by atoms with van der Waals surface area (Å²) in [4.78, 5) is 16.6. The number of hydrogen-bond acceptors (Lipinski definition) is 4. The molecule has 1 aromatic heterocycles. The third kappa shape index (κ3) is 3.99. The van der Waals surface area contributed by atoms with E-state index in [4.69, 9.17) is 4.74 Å². The Bertz CT molecular complexity index is 777. The standard InChI is InChI=1S/C19H20F2N2O3/c1-26-17-6-5-12(10-22-17)19(13-7-14(24)8-13)23-16(25)9-11-3-2-4-15(20)18(11)21/h2-6,10,13-14,19,24H,7-9H2,1H3,(H,23,25). The molecule has 7 heteroatoms. The van der Waals surface area contributed by atoms with E-state index in [-0.39, 0.29) is 30.0 Å². The first-order chi connectivity index (χ1) is 12.5. The quantitative estimate of drug-likeness (QED) is 0.828. The van der Waals surface area contributed by atoms with Gasteiger partial charge >= 0.3 is 0 Å². The molecule has 1 heterocycles. The monoisotopic (exact) mass is 362 g/mol. The highest BCUT2D eigenvalue weighted by Gasteiger charge is 2.36. The van der Waals surface area contributed by atoms with Gasteiger partial charge in [0, 0.05) is 17.8 Å². The lowest BCUT2D eigenvalue weighted by atomic mass is 9.75. The Balaban J connectivity index is 1.74. The summed E-state index contributed by atoms with van der Waals surface area (Å²) < 4.78 is 32.1. The van der Waals surface area contributed by atoms with Crippen molar-refractivity contribution >= 4 is 5.91 Å². The smallest absolute Gasteiger partial charge is 0.225 e. The molecule has 5 nitrogen and oxygen atoms in total. The van der Waals surface area contributed by atoms with Crippen LogP contribution in [0.5, 0.6) is 5.88 Å². The molecular weight excluding hydrogens is 342 g/mol. The zero-order valence-corrected chi connectivity index (χ0v) is 14.3. The highest BCUT2D eigenvalue weighted by atomic mass is 19.2. The van der Waals surface area contributed by atoms with Crippen LogP contribution in [0.1, 0.15) is 30.0 Å². The predicted molar refractivity (Wildman–Crippen MR) is 90.5 cm³/mol. The van der Waals surface area contributed by atoms with Gasteiger partial charge < -0.3 is 15.2 Å². The topological polar surface area (TPSA) is 71.5 Å². The Labute approximate surface area is 150 Å². The van der Waals surface area contributed by atoms with E-state index in [1.807, 2.05) is 0 Å². The van der Waals surface area contributed by atoms with Crippen molar-refractivity contribution in [3.05, 3.63) is 59.3 Å². The lowest BCUT2D eigenvalue weighted by molar-refractivity contribution is -0.122. The summed E-state index contributed by atoms with van der Waals surface area (Å²) in [6.07, 6.45) is 2.08. The van der Waals surface area contributed by atoms with Gasteiger partial charge in [-0.1, -0.05) is 18.2 Å². The molecule has 1 saturated carbocycles. The SMILES string of the molecule is COc1ccc(C(NC(=O)Cc2cccc(F)c2F)C2CC(O)C2)cn1. The summed E-state index contributed by atoms with van der Waals surface area (Å²) in [6.45, 7) is 0. The van der Waals surface area contributed by atoms with E-state index in [2.05, 4.69) is 10.3 Å². The molecule has 1 atom stereocenters. The van der Waals surface area contributed by atoms with E-state index in [1.165, 1.54) is 19.2 Å². The van der Waals surface area contributed by atoms with Crippen LogP contribution in [0.25, 0.3) is 0 Å². The summed E-state index contributed by atoms with van der Waals surface area (Å²) in [7, 11) is 1.51. The van der Waals surface area contributed by atoms with Crippen LogP contribution in [0.4, 0.5) is 8.78 Å². The van der Waals surface area contributed by atoms with Gasteiger partial charge in [-0.3, -0.25) is 4.79 Å². The van der Waals surface area contributed by atoms with Crippen molar-refractivity contribution in [3.8, 4) is 5.88 Å². The first kappa shape index (κ1) is 18.3. The van der Waals surface area contributed by atoms with Gasteiger partial charge in [0.2, 0.25) is 11.8 Å². The molecule has 2 N–H and O–H groups in total. The number of methoxy groups -OCH3 is 1. The van der Waals surface area contributed by atoms with Crippen LogP contribution >= 0.6 is 0 Å². The summed E-state index contributed by atoms with van der Waals surface area (Å²) in [6, 6.07) is 6.89. The zero-order valence-electron chi connectivity index (χ0n) is 14.3. The van der Waals surface area contributed by atoms with Crippen LogP contribution in [-0.4, -0.2) is 29.2 Å². The van der Waals surface area contributed by atoms with E-state index < -0.39 is 17.5 Å². The number of benzene rings is 1. The third-order valence-electron chi connectivity index (χ3n) is 4.65. The Morgan fingerprint density at radius 1 is 1.35 bits per heavy atom. The van der Waals surface area contributed by atoms with Gasteiger partial charge in [0.1, 0.15) is 0 Å². The van der Waals surface area contributed by atoms with Crippen LogP contribution < -0.4 is 10.1 Å². The molecule has 0 radical (unpaired) electrons. The summed E-state index contributed by atoms with van der Waals surface area (Å²) in [5, 5.41) is 12.5. The number of aliphatic hydroxyl groups is 1. The van der Waals surface area contributed by atoms with Crippen LogP contribution in [0, 0.1) is 17.6 Å². The molecular formula is C19H20F2N2O3. The first-order valence-electron chi connectivity index (χ1n) is 8.38. The van der Waals surface area contributed by atoms with E-state index in [0.29, 0.717) is 18.7 Å². The normalized spacial score (nSPS) is 20.2. The average molecular weight is 362 g/mol. The lowest BCUT2D eigenvalue weighted by Gasteiger charge is -2.38. The van der Waals surface area contributed by atoms with Gasteiger partial charge in [-0.25, -0.2) is 13.8 Å². The molecule has 0 spiro atoms. The van der Waals surface area contributed by atoms with Crippen molar-refractivity contribution < 1.29 is 23.4 Å². The minimum Gasteiger partial charge on any atom is -0.481 e. The van der Waals surface area contributed by atoms with Gasteiger partial charge in [-0.2, -0.15) is 0 Å². The second-order valence-electron chi connectivity index (χ2n) is 6.45. The van der Waals surface area contributed by atoms with Crippen molar-refractivity contribution in [2.24, 2.45) is 5.92 Å². The zero-order chi connectivity index (χ0) is 18.7. The van der Waals surface area contributed by atoms with Gasteiger partial charge in [-0.15, -0.1) is 0 Å². The number of nitrogens with zero attached hydrogens (tertiary/aromatic N) is 1. The number of halogens is 2. The minimum atomic E-state index is -1.01. The van der Waals surface area contributed by atoms with Crippen molar-refractivity contribution in [2.45, 2.75) is 31.4 Å². The number of ether oxygens (including phenoxy) is 1. The average Bonchev–Trinajstić information content (AvgIpc) is 2.61. The molecule has 1 aromatic carbocycles. The van der Waals surface area contributed by atoms with Crippen molar-refractivity contribution in [3.63, 3.8) is 0 Å². The summed E-state index contributed by atoms with van der Waals surface area (Å²) in [5.41, 5.74) is 0.776. The van der Waals surface area contributed by atoms with E-state index >= 15 is 0 Å². The summed E-state index contributed by atoms with van der Waals surface area (Å²) >= 11 is 0. The highest BCUT2D eigenvalue weighted by Crippen LogP contribution is 2.38. The van der Waals surface area contributed by atoms with Crippen LogP contribution in [0.2, 0.25) is 0 Å². The maximum atomic E-state index is 13.8. The third-order valence-corrected chi connectivity index (χ3v) is 4.65. The van der Waals surface area contributed by atoms with Crippen molar-refractivity contribution in [1.29, 1.82) is 0 Å². The van der Waals surface area contributed by atoms with Crippen molar-refractivity contribution in [1.82, 2.24) is 10.3 Å². The second-order valence-corrected chi connectivity index (χ2v) is 6.45. The first-order valence-corrected chi connectivity index (χ1v) is 8.38. The maximum Gasteiger partial charge on any atom is 0.225 e. The predicted octanol–water partition coefficient (Wildman–Crippen LogP) is 2.54. The van der Waals surface area contributed by atoms with Gasteiger partial charge in [-0.05, 0) is 30.4 Å². The van der Waals surface area contributed by atoms with Gasteiger partial charge in [0.05, 0.1) is 25.7 Å². The van der Waals surface area contributed by atoms with Crippen LogP contribution in [0.3, 0.4) is 0 Å². The number of aliphatic hydroxyl groups excluding tert-OH is 1. The fourth-order valence-corrected chi connectivity index (χ4v) is 3.15. The Morgan fingerprint density at radius 3 is 2.73 bits per heavy atom. The molecule has 1 unspecified atom stereocenters. The Kier molecular flexibility index (Phi) is 5.46. The molecule has 1 aliphatic rings. The number of carbonyl (C=O) groups is 1. The molecule has 1 amide bonds. The fourth-order valence-electron chi connectivity index (χ4n) is 3.15. The summed E-state index contributed by atoms with van der Waals surface area (Å²) in [5.74, 6) is -1.90. The van der Waals surface area contributed by atoms with Gasteiger partial charge in [0.25, 0.3) is 0 Å². The van der Waals surface area contributed by atoms with Crippen LogP contribution in [-0.2, 0) is 11.2 Å². The van der Waals surface area contributed by atoms with Gasteiger partial charge in [0.15, 0.2) is 11.6 Å². The van der Waals surface area contributed by atoms with Crippen LogP contribution in [0.15, 0.2) is 36.5 Å². The highest BCUT2D eigenvalue weighted by molar-refractivity contribution is 5.79. The van der Waals surface area contributed by atoms with E-state index in [0.717, 1.165) is 11.6 Å². The molecule has 1 fully saturated rings. The fraction of sp³-hybridized carbons (Fsp3) is 0.368. The van der Waals surface area contributed by atoms with E-state index in [9.17, 15) is 18.7 Å².